The van der Waals surface area contributed by atoms with Gasteiger partial charge >= 0.3 is 0 Å². The summed E-state index contributed by atoms with van der Waals surface area (Å²) in [7, 11) is 0. The summed E-state index contributed by atoms with van der Waals surface area (Å²) in [5.74, 6) is 1.93. The Morgan fingerprint density at radius 1 is 0.865 bits per heavy atom. The molecular formula is C30H35ClN6. The molecule has 0 aliphatic carbocycles. The highest BCUT2D eigenvalue weighted by molar-refractivity contribution is 6.17. The number of imidazole rings is 1. The maximum atomic E-state index is 6.22. The van der Waals surface area contributed by atoms with Crippen molar-refractivity contribution in [2.45, 2.75) is 53.3 Å². The van der Waals surface area contributed by atoms with Gasteiger partial charge in [-0.2, -0.15) is 0 Å². The predicted molar refractivity (Wildman–Crippen MR) is 156 cm³/mol. The van der Waals surface area contributed by atoms with E-state index in [1.807, 2.05) is 87.0 Å². The SMILES string of the molecule is CC.CC.CC(C)c1ccc(-c2ccc3nc(-c4cccnc4N)n(-c4ccc(CCl)cc4)c3n2)cn1. The van der Waals surface area contributed by atoms with Crippen LogP contribution in [0.4, 0.5) is 5.82 Å². The smallest absolute Gasteiger partial charge is 0.165 e. The molecule has 0 amide bonds. The normalized spacial score (nSPS) is 10.5. The number of alkyl halides is 1. The van der Waals surface area contributed by atoms with Gasteiger partial charge < -0.3 is 5.73 Å². The number of nitrogens with zero attached hydrogens (tertiary/aromatic N) is 5. The monoisotopic (exact) mass is 514 g/mol. The van der Waals surface area contributed by atoms with E-state index in [1.165, 1.54) is 0 Å². The first-order valence-corrected chi connectivity index (χ1v) is 13.3. The second-order valence-corrected chi connectivity index (χ2v) is 8.44. The minimum atomic E-state index is 0.374. The molecule has 1 aromatic carbocycles. The van der Waals surface area contributed by atoms with Gasteiger partial charge in [0.25, 0.3) is 0 Å². The second-order valence-electron chi connectivity index (χ2n) is 8.17. The number of aromatic nitrogens is 5. The Hall–Kier alpha value is -3.77. The van der Waals surface area contributed by atoms with E-state index in [0.29, 0.717) is 23.4 Å². The Morgan fingerprint density at radius 3 is 2.19 bits per heavy atom. The van der Waals surface area contributed by atoms with Crippen LogP contribution >= 0.6 is 11.6 Å². The van der Waals surface area contributed by atoms with Crippen LogP contribution in [0.25, 0.3) is 39.5 Å². The molecule has 6 nitrogen and oxygen atoms in total. The van der Waals surface area contributed by atoms with Crippen LogP contribution in [0.3, 0.4) is 0 Å². The van der Waals surface area contributed by atoms with Gasteiger partial charge in [-0.1, -0.05) is 53.7 Å². The summed E-state index contributed by atoms with van der Waals surface area (Å²) in [4.78, 5) is 18.7. The first-order chi connectivity index (χ1) is 18.0. The summed E-state index contributed by atoms with van der Waals surface area (Å²) < 4.78 is 2.01. The number of nitrogen functional groups attached to an aromatic ring is 1. The molecule has 4 heterocycles. The third kappa shape index (κ3) is 5.97. The minimum Gasteiger partial charge on any atom is -0.383 e. The fourth-order valence-corrected chi connectivity index (χ4v) is 3.96. The van der Waals surface area contributed by atoms with Gasteiger partial charge in [0.2, 0.25) is 0 Å². The molecule has 0 saturated carbocycles. The summed E-state index contributed by atoms with van der Waals surface area (Å²) >= 11 is 6.00. The summed E-state index contributed by atoms with van der Waals surface area (Å²) in [6.45, 7) is 12.3. The number of rotatable bonds is 5. The zero-order chi connectivity index (χ0) is 26.9. The van der Waals surface area contributed by atoms with E-state index in [2.05, 4.69) is 35.9 Å². The lowest BCUT2D eigenvalue weighted by Gasteiger charge is -2.11. The van der Waals surface area contributed by atoms with Crippen molar-refractivity contribution in [2.24, 2.45) is 0 Å². The fourth-order valence-electron chi connectivity index (χ4n) is 3.78. The summed E-state index contributed by atoms with van der Waals surface area (Å²) in [5, 5.41) is 0. The van der Waals surface area contributed by atoms with Gasteiger partial charge in [-0.3, -0.25) is 9.55 Å². The molecule has 0 atom stereocenters. The van der Waals surface area contributed by atoms with E-state index in [0.717, 1.165) is 44.9 Å². The number of hydrogen-bond donors (Lipinski definition) is 1. The van der Waals surface area contributed by atoms with E-state index in [4.69, 9.17) is 27.3 Å². The second kappa shape index (κ2) is 13.0. The van der Waals surface area contributed by atoms with E-state index in [1.54, 1.807) is 6.20 Å². The van der Waals surface area contributed by atoms with Crippen LogP contribution in [0, 0.1) is 0 Å². The molecule has 2 N–H and O–H groups in total. The number of pyridine rings is 3. The Kier molecular flexibility index (Phi) is 9.75. The van der Waals surface area contributed by atoms with Crippen molar-refractivity contribution >= 4 is 28.6 Å². The fraction of sp³-hybridized carbons (Fsp3) is 0.267. The van der Waals surface area contributed by atoms with E-state index >= 15 is 0 Å². The van der Waals surface area contributed by atoms with E-state index in [-0.39, 0.29) is 0 Å². The van der Waals surface area contributed by atoms with Crippen LogP contribution in [-0.2, 0) is 5.88 Å². The highest BCUT2D eigenvalue weighted by Crippen LogP contribution is 2.32. The molecular weight excluding hydrogens is 480 g/mol. The van der Waals surface area contributed by atoms with Gasteiger partial charge in [0.05, 0.1) is 11.3 Å². The van der Waals surface area contributed by atoms with Crippen molar-refractivity contribution in [1.29, 1.82) is 0 Å². The Bertz CT molecular complexity index is 1420. The molecule has 5 aromatic rings. The van der Waals surface area contributed by atoms with E-state index < -0.39 is 0 Å². The van der Waals surface area contributed by atoms with E-state index in [9.17, 15) is 0 Å². The largest absolute Gasteiger partial charge is 0.383 e. The van der Waals surface area contributed by atoms with Gasteiger partial charge in [-0.15, -0.1) is 11.6 Å². The van der Waals surface area contributed by atoms with Crippen LogP contribution in [0.2, 0.25) is 0 Å². The lowest BCUT2D eigenvalue weighted by Crippen LogP contribution is -2.02. The minimum absolute atomic E-state index is 0.374. The van der Waals surface area contributed by atoms with Crippen LogP contribution in [-0.4, -0.2) is 24.5 Å². The molecule has 7 heteroatoms. The molecule has 0 saturated heterocycles. The zero-order valence-corrected chi connectivity index (χ0v) is 23.2. The van der Waals surface area contributed by atoms with Gasteiger partial charge in [-0.25, -0.2) is 15.0 Å². The third-order valence-electron chi connectivity index (χ3n) is 5.61. The number of hydrogen-bond acceptors (Lipinski definition) is 5. The predicted octanol–water partition coefficient (Wildman–Crippen LogP) is 8.04. The molecule has 192 valence electrons. The van der Waals surface area contributed by atoms with Gasteiger partial charge in [0, 0.05) is 35.2 Å². The molecule has 37 heavy (non-hydrogen) atoms. The maximum Gasteiger partial charge on any atom is 0.165 e. The standard InChI is InChI=1S/C26H23ClN6.2C2H6/c1-16(2)21-10-7-18(15-30-21)22-11-12-23-26(31-22)33(19-8-5-17(14-27)6-9-19)25(32-23)20-4-3-13-29-24(20)28;2*1-2/h3-13,15-16H,14H2,1-2H3,(H2,28,29);2*1-2H3. The first-order valence-electron chi connectivity index (χ1n) is 12.8. The molecule has 0 aliphatic heterocycles. The molecule has 0 unspecified atom stereocenters. The number of halogens is 1. The molecule has 4 aromatic heterocycles. The topological polar surface area (TPSA) is 82.5 Å². The summed E-state index contributed by atoms with van der Waals surface area (Å²) in [6.07, 6.45) is 3.55. The van der Waals surface area contributed by atoms with Gasteiger partial charge in [0.1, 0.15) is 11.3 Å². The maximum absolute atomic E-state index is 6.22. The Morgan fingerprint density at radius 2 is 1.59 bits per heavy atom. The third-order valence-corrected chi connectivity index (χ3v) is 5.92. The van der Waals surface area contributed by atoms with Crippen LogP contribution in [0.5, 0.6) is 0 Å². The highest BCUT2D eigenvalue weighted by Gasteiger charge is 2.18. The molecule has 5 rings (SSSR count). The first kappa shape index (κ1) is 27.8. The van der Waals surface area contributed by atoms with Crippen LogP contribution < -0.4 is 5.73 Å². The van der Waals surface area contributed by atoms with Crippen molar-refractivity contribution in [1.82, 2.24) is 24.5 Å². The molecule has 0 spiro atoms. The number of anilines is 1. The zero-order valence-electron chi connectivity index (χ0n) is 22.4. The van der Waals surface area contributed by atoms with Crippen molar-refractivity contribution < 1.29 is 0 Å². The molecule has 0 radical (unpaired) electrons. The van der Waals surface area contributed by atoms with Gasteiger partial charge in [0.15, 0.2) is 11.5 Å². The number of nitrogens with two attached hydrogens (primary N) is 1. The Balaban J connectivity index is 0.000000907. The van der Waals surface area contributed by atoms with Crippen molar-refractivity contribution in [3.8, 4) is 28.3 Å². The van der Waals surface area contributed by atoms with Crippen molar-refractivity contribution in [2.75, 3.05) is 5.73 Å². The van der Waals surface area contributed by atoms with Crippen molar-refractivity contribution in [3.05, 3.63) is 84.3 Å². The quantitative estimate of drug-likeness (QED) is 0.240. The average Bonchev–Trinajstić information content (AvgIpc) is 3.34. The molecule has 0 bridgehead atoms. The number of fused-ring (bicyclic) bond motifs is 1. The Labute approximate surface area is 224 Å². The number of benzene rings is 1. The molecule has 0 fully saturated rings. The summed E-state index contributed by atoms with van der Waals surface area (Å²) in [5.41, 5.74) is 13.3. The lowest BCUT2D eigenvalue weighted by atomic mass is 10.1. The van der Waals surface area contributed by atoms with Gasteiger partial charge in [-0.05, 0) is 60.0 Å². The van der Waals surface area contributed by atoms with Crippen LogP contribution in [0.15, 0.2) is 73.1 Å². The molecule has 0 aliphatic rings. The van der Waals surface area contributed by atoms with Crippen LogP contribution in [0.1, 0.15) is 58.7 Å². The average molecular weight is 515 g/mol. The highest BCUT2D eigenvalue weighted by atomic mass is 35.5. The lowest BCUT2D eigenvalue weighted by molar-refractivity contribution is 0.823. The van der Waals surface area contributed by atoms with Crippen molar-refractivity contribution in [3.63, 3.8) is 0 Å². The summed E-state index contributed by atoms with van der Waals surface area (Å²) in [6, 6.07) is 19.9.